The summed E-state index contributed by atoms with van der Waals surface area (Å²) >= 11 is 0. The highest BCUT2D eigenvalue weighted by molar-refractivity contribution is 5.61. The van der Waals surface area contributed by atoms with E-state index in [4.69, 9.17) is 0 Å². The van der Waals surface area contributed by atoms with Crippen LogP contribution in [-0.2, 0) is 0 Å². The lowest BCUT2D eigenvalue weighted by molar-refractivity contribution is 0.628. The number of benzene rings is 1. The van der Waals surface area contributed by atoms with Crippen molar-refractivity contribution in [2.45, 2.75) is 20.3 Å². The van der Waals surface area contributed by atoms with Gasteiger partial charge in [0.15, 0.2) is 0 Å². The Bertz CT molecular complexity index is 586. The number of anilines is 3. The summed E-state index contributed by atoms with van der Waals surface area (Å²) in [5, 5.41) is 3.24. The zero-order valence-corrected chi connectivity index (χ0v) is 12.0. The van der Waals surface area contributed by atoms with E-state index in [1.165, 1.54) is 12.1 Å². The maximum absolute atomic E-state index is 13.3. The minimum atomic E-state index is -0.260. The van der Waals surface area contributed by atoms with Gasteiger partial charge < -0.3 is 10.2 Å². The van der Waals surface area contributed by atoms with Gasteiger partial charge in [0, 0.05) is 25.3 Å². The van der Waals surface area contributed by atoms with Crippen LogP contribution in [0.15, 0.2) is 30.3 Å². The van der Waals surface area contributed by atoms with Crippen LogP contribution in [0.3, 0.4) is 0 Å². The van der Waals surface area contributed by atoms with Gasteiger partial charge in [0.05, 0.1) is 0 Å². The number of rotatable bonds is 5. The Hall–Kier alpha value is -2.17. The summed E-state index contributed by atoms with van der Waals surface area (Å²) in [6, 6.07) is 8.31. The second kappa shape index (κ2) is 6.32. The fourth-order valence-corrected chi connectivity index (χ4v) is 1.88. The highest BCUT2D eigenvalue weighted by atomic mass is 19.1. The summed E-state index contributed by atoms with van der Waals surface area (Å²) in [5.74, 6) is 1.95. The number of nitrogens with zero attached hydrogens (tertiary/aromatic N) is 3. The van der Waals surface area contributed by atoms with Crippen LogP contribution in [0.4, 0.5) is 21.7 Å². The Morgan fingerprint density at radius 2 is 2.05 bits per heavy atom. The van der Waals surface area contributed by atoms with E-state index in [0.717, 1.165) is 30.3 Å². The minimum absolute atomic E-state index is 0.260. The third-order valence-electron chi connectivity index (χ3n) is 2.92. The molecule has 0 amide bonds. The number of aromatic nitrogens is 2. The molecule has 1 aromatic carbocycles. The van der Waals surface area contributed by atoms with Crippen LogP contribution in [0, 0.1) is 12.7 Å². The van der Waals surface area contributed by atoms with Crippen LogP contribution < -0.4 is 10.2 Å². The number of aryl methyl sites for hydroxylation is 1. The number of nitrogens with one attached hydrogen (secondary N) is 1. The van der Waals surface area contributed by atoms with E-state index in [2.05, 4.69) is 22.2 Å². The third-order valence-corrected chi connectivity index (χ3v) is 2.92. The van der Waals surface area contributed by atoms with Crippen molar-refractivity contribution in [1.29, 1.82) is 0 Å². The molecular formula is C15H19FN4. The largest absolute Gasteiger partial charge is 0.370 e. The summed E-state index contributed by atoms with van der Waals surface area (Å²) in [7, 11) is 1.86. The SMILES string of the molecule is CCCNc1cc(N(C)c2cccc(F)c2)nc(C)n1. The summed E-state index contributed by atoms with van der Waals surface area (Å²) in [4.78, 5) is 10.6. The molecule has 0 saturated heterocycles. The number of hydrogen-bond donors (Lipinski definition) is 1. The van der Waals surface area contributed by atoms with Gasteiger partial charge in [-0.05, 0) is 31.5 Å². The molecule has 5 heteroatoms. The van der Waals surface area contributed by atoms with E-state index in [-0.39, 0.29) is 5.82 Å². The Kier molecular flexibility index (Phi) is 4.50. The summed E-state index contributed by atoms with van der Waals surface area (Å²) in [5.41, 5.74) is 0.754. The average Bonchev–Trinajstić information content (AvgIpc) is 2.43. The van der Waals surface area contributed by atoms with Gasteiger partial charge in [-0.25, -0.2) is 14.4 Å². The maximum Gasteiger partial charge on any atom is 0.138 e. The number of halogens is 1. The summed E-state index contributed by atoms with van der Waals surface area (Å²) in [6.07, 6.45) is 1.03. The molecule has 1 heterocycles. The number of hydrogen-bond acceptors (Lipinski definition) is 4. The lowest BCUT2D eigenvalue weighted by Crippen LogP contribution is -2.14. The van der Waals surface area contributed by atoms with Crippen molar-refractivity contribution in [1.82, 2.24) is 9.97 Å². The quantitative estimate of drug-likeness (QED) is 0.905. The molecule has 0 unspecified atom stereocenters. The fraction of sp³-hybridized carbons (Fsp3) is 0.333. The molecule has 1 N–H and O–H groups in total. The van der Waals surface area contributed by atoms with Crippen LogP contribution in [0.2, 0.25) is 0 Å². The lowest BCUT2D eigenvalue weighted by atomic mass is 10.3. The van der Waals surface area contributed by atoms with Crippen molar-refractivity contribution >= 4 is 17.3 Å². The average molecular weight is 274 g/mol. The van der Waals surface area contributed by atoms with Gasteiger partial charge >= 0.3 is 0 Å². The lowest BCUT2D eigenvalue weighted by Gasteiger charge is -2.19. The molecule has 20 heavy (non-hydrogen) atoms. The van der Waals surface area contributed by atoms with Crippen molar-refractivity contribution in [3.8, 4) is 0 Å². The Morgan fingerprint density at radius 3 is 2.75 bits per heavy atom. The van der Waals surface area contributed by atoms with E-state index in [0.29, 0.717) is 5.82 Å². The third kappa shape index (κ3) is 3.44. The fourth-order valence-electron chi connectivity index (χ4n) is 1.88. The minimum Gasteiger partial charge on any atom is -0.370 e. The smallest absolute Gasteiger partial charge is 0.138 e. The van der Waals surface area contributed by atoms with Gasteiger partial charge in [0.1, 0.15) is 23.3 Å². The molecule has 0 saturated carbocycles. The van der Waals surface area contributed by atoms with Gasteiger partial charge in [0.25, 0.3) is 0 Å². The topological polar surface area (TPSA) is 41.0 Å². The molecule has 0 aliphatic heterocycles. The van der Waals surface area contributed by atoms with Gasteiger partial charge in [-0.15, -0.1) is 0 Å². The standard InChI is InChI=1S/C15H19FN4/c1-4-8-17-14-10-15(19-11(2)18-14)20(3)13-7-5-6-12(16)9-13/h5-7,9-10H,4,8H2,1-3H3,(H,17,18,19). The molecule has 0 bridgehead atoms. The summed E-state index contributed by atoms with van der Waals surface area (Å²) < 4.78 is 13.3. The molecule has 2 rings (SSSR count). The first-order valence-corrected chi connectivity index (χ1v) is 6.69. The molecule has 0 radical (unpaired) electrons. The highest BCUT2D eigenvalue weighted by Crippen LogP contribution is 2.24. The van der Waals surface area contributed by atoms with Gasteiger partial charge in [-0.2, -0.15) is 0 Å². The summed E-state index contributed by atoms with van der Waals surface area (Å²) in [6.45, 7) is 4.81. The normalized spacial score (nSPS) is 10.4. The first-order valence-electron chi connectivity index (χ1n) is 6.69. The van der Waals surface area contributed by atoms with Crippen molar-refractivity contribution in [2.75, 3.05) is 23.8 Å². The second-order valence-electron chi connectivity index (χ2n) is 4.62. The highest BCUT2D eigenvalue weighted by Gasteiger charge is 2.09. The van der Waals surface area contributed by atoms with Crippen LogP contribution in [0.25, 0.3) is 0 Å². The predicted molar refractivity (Wildman–Crippen MR) is 80.0 cm³/mol. The molecule has 1 aromatic heterocycles. The van der Waals surface area contributed by atoms with Crippen LogP contribution >= 0.6 is 0 Å². The molecular weight excluding hydrogens is 255 g/mol. The zero-order chi connectivity index (χ0) is 14.5. The van der Waals surface area contributed by atoms with Crippen LogP contribution in [-0.4, -0.2) is 23.6 Å². The monoisotopic (exact) mass is 274 g/mol. The first-order chi connectivity index (χ1) is 9.60. The van der Waals surface area contributed by atoms with Crippen molar-refractivity contribution in [3.05, 3.63) is 42.0 Å². The van der Waals surface area contributed by atoms with Crippen molar-refractivity contribution < 1.29 is 4.39 Å². The molecule has 0 aliphatic carbocycles. The molecule has 2 aromatic rings. The van der Waals surface area contributed by atoms with E-state index in [1.807, 2.05) is 31.0 Å². The Labute approximate surface area is 118 Å². The molecule has 4 nitrogen and oxygen atoms in total. The Balaban J connectivity index is 2.29. The predicted octanol–water partition coefficient (Wildman–Crippen LogP) is 3.51. The van der Waals surface area contributed by atoms with E-state index in [1.54, 1.807) is 6.07 Å². The first kappa shape index (κ1) is 14.2. The van der Waals surface area contributed by atoms with E-state index >= 15 is 0 Å². The van der Waals surface area contributed by atoms with Crippen LogP contribution in [0.5, 0.6) is 0 Å². The molecule has 0 aliphatic rings. The van der Waals surface area contributed by atoms with E-state index < -0.39 is 0 Å². The van der Waals surface area contributed by atoms with Gasteiger partial charge in [-0.1, -0.05) is 13.0 Å². The van der Waals surface area contributed by atoms with Gasteiger partial charge in [-0.3, -0.25) is 0 Å². The van der Waals surface area contributed by atoms with Crippen LogP contribution in [0.1, 0.15) is 19.2 Å². The zero-order valence-electron chi connectivity index (χ0n) is 12.0. The van der Waals surface area contributed by atoms with E-state index in [9.17, 15) is 4.39 Å². The van der Waals surface area contributed by atoms with Crippen molar-refractivity contribution in [2.24, 2.45) is 0 Å². The maximum atomic E-state index is 13.3. The van der Waals surface area contributed by atoms with Crippen molar-refractivity contribution in [3.63, 3.8) is 0 Å². The molecule has 106 valence electrons. The molecule has 0 fully saturated rings. The second-order valence-corrected chi connectivity index (χ2v) is 4.62. The molecule has 0 atom stereocenters. The molecule has 0 spiro atoms. The Morgan fingerprint density at radius 1 is 1.25 bits per heavy atom. The van der Waals surface area contributed by atoms with Gasteiger partial charge in [0.2, 0.25) is 0 Å².